The molecule has 0 heterocycles. The van der Waals surface area contributed by atoms with Crippen LogP contribution in [0.5, 0.6) is 0 Å². The van der Waals surface area contributed by atoms with E-state index in [9.17, 15) is 0 Å². The van der Waals surface area contributed by atoms with E-state index in [1.54, 1.807) is 0 Å². The van der Waals surface area contributed by atoms with Gasteiger partial charge in [0.1, 0.15) is 0 Å². The summed E-state index contributed by atoms with van der Waals surface area (Å²) in [6.07, 6.45) is 2.48. The van der Waals surface area contributed by atoms with Crippen LogP contribution in [0.3, 0.4) is 0 Å². The molecular weight excluding hydrogens is 303 g/mol. The van der Waals surface area contributed by atoms with Crippen LogP contribution >= 0.6 is 23.2 Å². The van der Waals surface area contributed by atoms with Crippen LogP contribution in [0.2, 0.25) is 10.0 Å². The van der Waals surface area contributed by atoms with Crippen LogP contribution in [-0.2, 0) is 13.1 Å². The quantitative estimate of drug-likeness (QED) is 0.806. The Morgan fingerprint density at radius 2 is 1.62 bits per heavy atom. The van der Waals surface area contributed by atoms with Gasteiger partial charge in [0.2, 0.25) is 0 Å². The van der Waals surface area contributed by atoms with Crippen LogP contribution in [-0.4, -0.2) is 10.9 Å². The second kappa shape index (κ2) is 6.27. The number of hydrogen-bond donors (Lipinski definition) is 1. The molecule has 0 amide bonds. The van der Waals surface area contributed by atoms with Gasteiger partial charge in [0, 0.05) is 24.8 Å². The number of hydrogen-bond acceptors (Lipinski definition) is 2. The summed E-state index contributed by atoms with van der Waals surface area (Å²) >= 11 is 12.4. The summed E-state index contributed by atoms with van der Waals surface area (Å²) in [7, 11) is 0. The van der Waals surface area contributed by atoms with Crippen LogP contribution in [0.4, 0.5) is 5.69 Å². The van der Waals surface area contributed by atoms with Gasteiger partial charge in [0.25, 0.3) is 0 Å². The first-order valence-corrected chi connectivity index (χ1v) is 7.91. The SMILES string of the molecule is Nc1ccccc1CN(Cc1cccc(Cl)c1Cl)C1CC1. The van der Waals surface area contributed by atoms with Gasteiger partial charge in [-0.1, -0.05) is 53.5 Å². The van der Waals surface area contributed by atoms with E-state index < -0.39 is 0 Å². The highest BCUT2D eigenvalue weighted by molar-refractivity contribution is 6.42. The van der Waals surface area contributed by atoms with Gasteiger partial charge in [0.05, 0.1) is 10.0 Å². The molecule has 2 N–H and O–H groups in total. The average molecular weight is 321 g/mol. The molecule has 2 aromatic rings. The van der Waals surface area contributed by atoms with Crippen molar-refractivity contribution in [2.75, 3.05) is 5.73 Å². The molecule has 2 nitrogen and oxygen atoms in total. The summed E-state index contributed by atoms with van der Waals surface area (Å²) in [5.74, 6) is 0. The Bertz CT molecular complexity index is 638. The van der Waals surface area contributed by atoms with E-state index in [0.717, 1.165) is 24.3 Å². The van der Waals surface area contributed by atoms with Crippen LogP contribution < -0.4 is 5.73 Å². The lowest BCUT2D eigenvalue weighted by molar-refractivity contribution is 0.246. The summed E-state index contributed by atoms with van der Waals surface area (Å²) in [4.78, 5) is 2.43. The minimum Gasteiger partial charge on any atom is -0.398 e. The Morgan fingerprint density at radius 1 is 0.952 bits per heavy atom. The first-order chi connectivity index (χ1) is 10.1. The second-order valence-corrected chi connectivity index (χ2v) is 6.33. The molecule has 1 saturated carbocycles. The summed E-state index contributed by atoms with van der Waals surface area (Å²) < 4.78 is 0. The molecule has 0 radical (unpaired) electrons. The zero-order valence-corrected chi connectivity index (χ0v) is 13.2. The van der Waals surface area contributed by atoms with E-state index in [0.29, 0.717) is 16.1 Å². The maximum absolute atomic E-state index is 6.31. The van der Waals surface area contributed by atoms with Crippen LogP contribution in [0.15, 0.2) is 42.5 Å². The number of nitrogens with zero attached hydrogens (tertiary/aromatic N) is 1. The Hall–Kier alpha value is -1.22. The van der Waals surface area contributed by atoms with Crippen molar-refractivity contribution in [3.05, 3.63) is 63.6 Å². The van der Waals surface area contributed by atoms with Crippen molar-refractivity contribution < 1.29 is 0 Å². The zero-order valence-electron chi connectivity index (χ0n) is 11.7. The van der Waals surface area contributed by atoms with E-state index in [4.69, 9.17) is 28.9 Å². The van der Waals surface area contributed by atoms with Crippen molar-refractivity contribution in [2.24, 2.45) is 0 Å². The Morgan fingerprint density at radius 3 is 2.33 bits per heavy atom. The molecule has 110 valence electrons. The number of nitrogens with two attached hydrogens (primary N) is 1. The molecule has 0 aromatic heterocycles. The number of halogens is 2. The molecular formula is C17H18Cl2N2. The number of anilines is 1. The highest BCUT2D eigenvalue weighted by atomic mass is 35.5. The molecule has 0 aliphatic heterocycles. The molecule has 2 aromatic carbocycles. The van der Waals surface area contributed by atoms with Gasteiger partial charge in [0.15, 0.2) is 0 Å². The lowest BCUT2D eigenvalue weighted by atomic mass is 10.1. The summed E-state index contributed by atoms with van der Waals surface area (Å²) in [6.45, 7) is 1.65. The van der Waals surface area contributed by atoms with Crippen molar-refractivity contribution in [3.8, 4) is 0 Å². The Kier molecular flexibility index (Phi) is 4.39. The Labute approximate surface area is 135 Å². The third-order valence-electron chi connectivity index (χ3n) is 3.90. The van der Waals surface area contributed by atoms with E-state index in [2.05, 4.69) is 11.0 Å². The fourth-order valence-corrected chi connectivity index (χ4v) is 2.92. The van der Waals surface area contributed by atoms with E-state index in [-0.39, 0.29) is 0 Å². The van der Waals surface area contributed by atoms with Crippen LogP contribution in [0.1, 0.15) is 24.0 Å². The summed E-state index contributed by atoms with van der Waals surface area (Å²) in [5.41, 5.74) is 9.15. The summed E-state index contributed by atoms with van der Waals surface area (Å²) in [5, 5.41) is 1.27. The van der Waals surface area contributed by atoms with Crippen molar-refractivity contribution in [1.29, 1.82) is 0 Å². The van der Waals surface area contributed by atoms with Crippen molar-refractivity contribution >= 4 is 28.9 Å². The number of benzene rings is 2. The van der Waals surface area contributed by atoms with Gasteiger partial charge < -0.3 is 5.73 Å². The average Bonchev–Trinajstić information content (AvgIpc) is 3.30. The molecule has 3 rings (SSSR count). The van der Waals surface area contributed by atoms with Crippen molar-refractivity contribution in [2.45, 2.75) is 32.0 Å². The minimum absolute atomic E-state index is 0.615. The maximum Gasteiger partial charge on any atom is 0.0637 e. The monoisotopic (exact) mass is 320 g/mol. The minimum atomic E-state index is 0.615. The van der Waals surface area contributed by atoms with E-state index in [1.165, 1.54) is 18.4 Å². The first kappa shape index (κ1) is 14.7. The van der Waals surface area contributed by atoms with Crippen LogP contribution in [0.25, 0.3) is 0 Å². The Balaban J connectivity index is 1.79. The molecule has 4 heteroatoms. The molecule has 21 heavy (non-hydrogen) atoms. The molecule has 1 aliphatic rings. The third kappa shape index (κ3) is 3.52. The van der Waals surface area contributed by atoms with Crippen molar-refractivity contribution in [1.82, 2.24) is 4.90 Å². The second-order valence-electron chi connectivity index (χ2n) is 5.55. The van der Waals surface area contributed by atoms with Gasteiger partial charge in [-0.15, -0.1) is 0 Å². The standard InChI is InChI=1S/C17H18Cl2N2/c18-15-6-3-5-13(17(15)19)11-21(14-8-9-14)10-12-4-1-2-7-16(12)20/h1-7,14H,8-11,20H2. The number of nitrogen functional groups attached to an aromatic ring is 1. The van der Waals surface area contributed by atoms with E-state index >= 15 is 0 Å². The van der Waals surface area contributed by atoms with Crippen molar-refractivity contribution in [3.63, 3.8) is 0 Å². The number of rotatable bonds is 5. The largest absolute Gasteiger partial charge is 0.398 e. The molecule has 0 atom stereocenters. The maximum atomic E-state index is 6.31. The fraction of sp³-hybridized carbons (Fsp3) is 0.294. The third-order valence-corrected chi connectivity index (χ3v) is 4.75. The molecule has 0 bridgehead atoms. The molecule has 0 spiro atoms. The predicted molar refractivity (Wildman–Crippen MR) is 89.6 cm³/mol. The van der Waals surface area contributed by atoms with Gasteiger partial charge in [-0.25, -0.2) is 0 Å². The topological polar surface area (TPSA) is 29.3 Å². The van der Waals surface area contributed by atoms with Crippen LogP contribution in [0, 0.1) is 0 Å². The highest BCUT2D eigenvalue weighted by Crippen LogP contribution is 2.33. The van der Waals surface area contributed by atoms with Gasteiger partial charge >= 0.3 is 0 Å². The smallest absolute Gasteiger partial charge is 0.0637 e. The van der Waals surface area contributed by atoms with Gasteiger partial charge in [-0.2, -0.15) is 0 Å². The molecule has 1 fully saturated rings. The van der Waals surface area contributed by atoms with Gasteiger partial charge in [-0.3, -0.25) is 4.90 Å². The lowest BCUT2D eigenvalue weighted by Gasteiger charge is -2.23. The molecule has 0 saturated heterocycles. The van der Waals surface area contributed by atoms with Gasteiger partial charge in [-0.05, 0) is 36.1 Å². The summed E-state index contributed by atoms with van der Waals surface area (Å²) in [6, 6.07) is 14.5. The molecule has 1 aliphatic carbocycles. The molecule has 0 unspecified atom stereocenters. The van der Waals surface area contributed by atoms with E-state index in [1.807, 2.05) is 36.4 Å². The predicted octanol–water partition coefficient (Wildman–Crippen LogP) is 4.74. The first-order valence-electron chi connectivity index (χ1n) is 7.15. The number of para-hydroxylation sites is 1. The highest BCUT2D eigenvalue weighted by Gasteiger charge is 2.29. The zero-order chi connectivity index (χ0) is 14.8. The fourth-order valence-electron chi connectivity index (χ4n) is 2.54. The lowest BCUT2D eigenvalue weighted by Crippen LogP contribution is -2.25. The normalized spacial score (nSPS) is 14.6.